The van der Waals surface area contributed by atoms with Crippen LogP contribution >= 0.6 is 0 Å². The Balaban J connectivity index is 1.69. The molecule has 0 radical (unpaired) electrons. The van der Waals surface area contributed by atoms with Crippen molar-refractivity contribution >= 4 is 5.82 Å². The first-order chi connectivity index (χ1) is 9.71. The molecule has 0 saturated carbocycles. The van der Waals surface area contributed by atoms with Gasteiger partial charge in [-0.15, -0.1) is 5.10 Å². The van der Waals surface area contributed by atoms with Gasteiger partial charge >= 0.3 is 0 Å². The number of aryl methyl sites for hydroxylation is 1. The van der Waals surface area contributed by atoms with Crippen LogP contribution in [0.4, 0.5) is 5.82 Å². The zero-order chi connectivity index (χ0) is 14.0. The minimum Gasteiger partial charge on any atom is -0.376 e. The van der Waals surface area contributed by atoms with Crippen LogP contribution in [0.2, 0.25) is 0 Å². The van der Waals surface area contributed by atoms with Gasteiger partial charge in [-0.3, -0.25) is 0 Å². The fourth-order valence-electron chi connectivity index (χ4n) is 3.28. The molecule has 20 heavy (non-hydrogen) atoms. The lowest BCUT2D eigenvalue weighted by Crippen LogP contribution is -2.48. The molecule has 2 fully saturated rings. The lowest BCUT2D eigenvalue weighted by Gasteiger charge is -2.40. The molecule has 3 heterocycles. The van der Waals surface area contributed by atoms with E-state index in [9.17, 15) is 0 Å². The molecule has 1 spiro atoms. The number of hydrogen-bond donors (Lipinski definition) is 0. The van der Waals surface area contributed by atoms with E-state index in [4.69, 9.17) is 9.47 Å². The average Bonchev–Trinajstić information content (AvgIpc) is 2.83. The first-order valence-corrected chi connectivity index (χ1v) is 7.52. The number of rotatable bonds is 3. The van der Waals surface area contributed by atoms with Crippen molar-refractivity contribution in [3.05, 3.63) is 17.8 Å². The molecule has 5 heteroatoms. The highest BCUT2D eigenvalue weighted by Gasteiger charge is 2.44. The SMILES string of the molecule is CCO[C@@H]1CO[C@@]2(CCCN(c3ccc(C)nn3)C2)C1. The maximum atomic E-state index is 6.11. The molecule has 1 aromatic rings. The minimum atomic E-state index is -0.0509. The van der Waals surface area contributed by atoms with Crippen LogP contribution in [0.15, 0.2) is 12.1 Å². The van der Waals surface area contributed by atoms with Crippen LogP contribution in [0.3, 0.4) is 0 Å². The van der Waals surface area contributed by atoms with Gasteiger partial charge in [0.1, 0.15) is 0 Å². The molecule has 0 N–H and O–H groups in total. The van der Waals surface area contributed by atoms with Gasteiger partial charge in [-0.05, 0) is 38.8 Å². The first-order valence-electron chi connectivity index (χ1n) is 7.52. The Kier molecular flexibility index (Phi) is 3.89. The molecule has 0 unspecified atom stereocenters. The van der Waals surface area contributed by atoms with Gasteiger partial charge in [0.2, 0.25) is 0 Å². The fraction of sp³-hybridized carbons (Fsp3) is 0.733. The van der Waals surface area contributed by atoms with Crippen molar-refractivity contribution in [1.82, 2.24) is 10.2 Å². The van der Waals surface area contributed by atoms with E-state index in [0.717, 1.165) is 57.1 Å². The van der Waals surface area contributed by atoms with Crippen molar-refractivity contribution < 1.29 is 9.47 Å². The van der Waals surface area contributed by atoms with E-state index >= 15 is 0 Å². The van der Waals surface area contributed by atoms with Crippen LogP contribution in [0.5, 0.6) is 0 Å². The summed E-state index contributed by atoms with van der Waals surface area (Å²) in [4.78, 5) is 2.30. The highest BCUT2D eigenvalue weighted by Crippen LogP contribution is 2.36. The number of piperidine rings is 1. The molecule has 0 aromatic carbocycles. The smallest absolute Gasteiger partial charge is 0.151 e. The molecule has 0 aliphatic carbocycles. The molecule has 2 aliphatic rings. The summed E-state index contributed by atoms with van der Waals surface area (Å²) in [5.74, 6) is 0.957. The second-order valence-corrected chi connectivity index (χ2v) is 5.83. The predicted octanol–water partition coefficient (Wildman–Crippen LogP) is 1.95. The number of nitrogens with zero attached hydrogens (tertiary/aromatic N) is 3. The second-order valence-electron chi connectivity index (χ2n) is 5.83. The van der Waals surface area contributed by atoms with Crippen LogP contribution in [-0.2, 0) is 9.47 Å². The highest BCUT2D eigenvalue weighted by atomic mass is 16.6. The van der Waals surface area contributed by atoms with Crippen molar-refractivity contribution in [3.63, 3.8) is 0 Å². The van der Waals surface area contributed by atoms with Crippen LogP contribution in [-0.4, -0.2) is 48.2 Å². The van der Waals surface area contributed by atoms with E-state index in [1.807, 2.05) is 19.9 Å². The maximum Gasteiger partial charge on any atom is 0.151 e. The molecule has 2 saturated heterocycles. The summed E-state index contributed by atoms with van der Waals surface area (Å²) < 4.78 is 11.8. The summed E-state index contributed by atoms with van der Waals surface area (Å²) >= 11 is 0. The van der Waals surface area contributed by atoms with Crippen LogP contribution < -0.4 is 4.90 Å². The van der Waals surface area contributed by atoms with E-state index < -0.39 is 0 Å². The maximum absolute atomic E-state index is 6.11. The number of aromatic nitrogens is 2. The zero-order valence-electron chi connectivity index (χ0n) is 12.3. The van der Waals surface area contributed by atoms with Gasteiger partial charge in [0, 0.05) is 26.1 Å². The molecule has 0 amide bonds. The van der Waals surface area contributed by atoms with Crippen LogP contribution in [0.1, 0.15) is 31.9 Å². The van der Waals surface area contributed by atoms with Crippen molar-refractivity contribution in [2.24, 2.45) is 0 Å². The highest BCUT2D eigenvalue weighted by molar-refractivity contribution is 5.38. The van der Waals surface area contributed by atoms with Crippen molar-refractivity contribution in [2.45, 2.75) is 44.8 Å². The van der Waals surface area contributed by atoms with Crippen molar-refractivity contribution in [3.8, 4) is 0 Å². The number of hydrogen-bond acceptors (Lipinski definition) is 5. The normalized spacial score (nSPS) is 30.1. The van der Waals surface area contributed by atoms with Gasteiger partial charge in [-0.1, -0.05) is 0 Å². The zero-order valence-corrected chi connectivity index (χ0v) is 12.3. The number of anilines is 1. The molecular formula is C15H23N3O2. The van der Waals surface area contributed by atoms with Crippen LogP contribution in [0.25, 0.3) is 0 Å². The Hall–Kier alpha value is -1.20. The van der Waals surface area contributed by atoms with E-state index in [0.29, 0.717) is 0 Å². The summed E-state index contributed by atoms with van der Waals surface area (Å²) in [5, 5.41) is 8.46. The first kappa shape index (κ1) is 13.8. The van der Waals surface area contributed by atoms with E-state index in [2.05, 4.69) is 21.2 Å². The summed E-state index contributed by atoms with van der Waals surface area (Å²) in [5.41, 5.74) is 0.902. The Morgan fingerprint density at radius 2 is 2.35 bits per heavy atom. The molecule has 5 nitrogen and oxygen atoms in total. The van der Waals surface area contributed by atoms with Crippen LogP contribution in [0, 0.1) is 6.92 Å². The second kappa shape index (κ2) is 5.66. The van der Waals surface area contributed by atoms with Gasteiger partial charge in [-0.25, -0.2) is 0 Å². The standard InChI is InChI=1S/C15H23N3O2/c1-3-19-13-9-15(20-10-13)7-4-8-18(11-15)14-6-5-12(2)16-17-14/h5-6,13H,3-4,7-11H2,1-2H3/t13-,15-/m0/s1. The van der Waals surface area contributed by atoms with Gasteiger partial charge < -0.3 is 14.4 Å². The predicted molar refractivity (Wildman–Crippen MR) is 76.9 cm³/mol. The topological polar surface area (TPSA) is 47.5 Å². The average molecular weight is 277 g/mol. The lowest BCUT2D eigenvalue weighted by molar-refractivity contribution is -0.0118. The summed E-state index contributed by atoms with van der Waals surface area (Å²) in [6.45, 7) is 7.41. The molecule has 2 aliphatic heterocycles. The van der Waals surface area contributed by atoms with E-state index in [1.54, 1.807) is 0 Å². The quantitative estimate of drug-likeness (QED) is 0.845. The third kappa shape index (κ3) is 2.79. The Bertz CT molecular complexity index is 451. The molecule has 2 atom stereocenters. The molecular weight excluding hydrogens is 254 g/mol. The number of ether oxygens (including phenoxy) is 2. The lowest BCUT2D eigenvalue weighted by atomic mass is 9.89. The Labute approximate surface area is 120 Å². The van der Waals surface area contributed by atoms with Gasteiger partial charge in [-0.2, -0.15) is 5.10 Å². The van der Waals surface area contributed by atoms with Gasteiger partial charge in [0.25, 0.3) is 0 Å². The molecule has 110 valence electrons. The van der Waals surface area contributed by atoms with E-state index in [1.165, 1.54) is 0 Å². The summed E-state index contributed by atoms with van der Waals surface area (Å²) in [6, 6.07) is 4.07. The Morgan fingerprint density at radius 3 is 3.10 bits per heavy atom. The minimum absolute atomic E-state index is 0.0509. The van der Waals surface area contributed by atoms with Gasteiger partial charge in [0.05, 0.1) is 24.0 Å². The van der Waals surface area contributed by atoms with Gasteiger partial charge in [0.15, 0.2) is 5.82 Å². The molecule has 0 bridgehead atoms. The molecule has 3 rings (SSSR count). The summed E-state index contributed by atoms with van der Waals surface area (Å²) in [6.07, 6.45) is 3.50. The monoisotopic (exact) mass is 277 g/mol. The summed E-state index contributed by atoms with van der Waals surface area (Å²) in [7, 11) is 0. The Morgan fingerprint density at radius 1 is 1.45 bits per heavy atom. The van der Waals surface area contributed by atoms with Crippen molar-refractivity contribution in [1.29, 1.82) is 0 Å². The van der Waals surface area contributed by atoms with E-state index in [-0.39, 0.29) is 11.7 Å². The van der Waals surface area contributed by atoms with Crippen molar-refractivity contribution in [2.75, 3.05) is 31.2 Å². The fourth-order valence-corrected chi connectivity index (χ4v) is 3.28. The molecule has 1 aromatic heterocycles. The third-order valence-electron chi connectivity index (χ3n) is 4.22. The third-order valence-corrected chi connectivity index (χ3v) is 4.22. The largest absolute Gasteiger partial charge is 0.376 e.